The zero-order valence-electron chi connectivity index (χ0n) is 46.5. The Hall–Kier alpha value is -1.08. The van der Waals surface area contributed by atoms with Crippen LogP contribution in [0, 0.1) is 49.2 Å². The number of rotatable bonds is 0. The van der Waals surface area contributed by atoms with Crippen LogP contribution in [0.3, 0.4) is 0 Å². The lowest BCUT2D eigenvalue weighted by Gasteiger charge is -2.47. The highest BCUT2D eigenvalue weighted by Crippen LogP contribution is 2.73. The van der Waals surface area contributed by atoms with Gasteiger partial charge in [-0.15, -0.1) is 0 Å². The van der Waals surface area contributed by atoms with Gasteiger partial charge in [0.15, 0.2) is 0 Å². The average molecular weight is 813 g/mol. The molecule has 2 aliphatic carbocycles. The quantitative estimate of drug-likeness (QED) is 0.236. The van der Waals surface area contributed by atoms with Crippen molar-refractivity contribution in [3.63, 3.8) is 0 Å². The smallest absolute Gasteiger partial charge is 0.0332 e. The van der Waals surface area contributed by atoms with Crippen LogP contribution in [0.25, 0.3) is 0 Å². The van der Waals surface area contributed by atoms with Gasteiger partial charge in [-0.3, -0.25) is 4.90 Å². The van der Waals surface area contributed by atoms with Crippen LogP contribution < -0.4 is 0 Å². The van der Waals surface area contributed by atoms with Gasteiger partial charge in [0.05, 0.1) is 0 Å². The van der Waals surface area contributed by atoms with Gasteiger partial charge in [0, 0.05) is 18.1 Å². The van der Waals surface area contributed by atoms with Crippen molar-refractivity contribution in [3.8, 4) is 0 Å². The standard InChI is InChI=1S/C13H25N.C13H18.C11H22.4C5H12/c1-12(2,3)11-9-7-8-10-14(11)13(4,5)6;1-13(2,3)12-9-5-7-10-6-4-8-11(10)12;1-9(2,3)8-10(4,5)11(8,6)7;4*1-5(2,3)4/h7,9,11H,8,10H2,1-6H3;5,7,9H,4,6,8H2,1-3H3;8H,1-7H3;4*1-4H3. The van der Waals surface area contributed by atoms with Crippen LogP contribution in [0.5, 0.6) is 0 Å². The van der Waals surface area contributed by atoms with Crippen molar-refractivity contribution in [2.45, 2.75) is 264 Å². The van der Waals surface area contributed by atoms with Gasteiger partial charge in [-0.25, -0.2) is 0 Å². The molecule has 346 valence electrons. The molecule has 1 aromatic carbocycles. The zero-order valence-corrected chi connectivity index (χ0v) is 46.5. The van der Waals surface area contributed by atoms with Crippen molar-refractivity contribution in [1.29, 1.82) is 0 Å². The molecule has 58 heavy (non-hydrogen) atoms. The van der Waals surface area contributed by atoms with Gasteiger partial charge < -0.3 is 0 Å². The van der Waals surface area contributed by atoms with E-state index in [9.17, 15) is 0 Å². The SMILES string of the molecule is CC(C)(C)C.CC(C)(C)C.CC(C)(C)C.CC(C)(C)C.CC(C)(C)C1C(C)(C)C1(C)C.CC(C)(C)C1C=CCCN1C(C)(C)C.CC(C)(C)c1cccc2c1CCC2. The van der Waals surface area contributed by atoms with Crippen LogP contribution in [0.4, 0.5) is 0 Å². The Morgan fingerprint density at radius 2 is 0.862 bits per heavy atom. The largest absolute Gasteiger partial charge is 0.291 e. The summed E-state index contributed by atoms with van der Waals surface area (Å²) in [5.41, 5.74) is 9.29. The van der Waals surface area contributed by atoms with Crippen LogP contribution in [-0.4, -0.2) is 23.0 Å². The Balaban J connectivity index is -0.000000641. The molecular weight excluding hydrogens is 699 g/mol. The second kappa shape index (κ2) is 22.3. The monoisotopic (exact) mass is 812 g/mol. The molecule has 1 fully saturated rings. The van der Waals surface area contributed by atoms with Gasteiger partial charge in [0.2, 0.25) is 0 Å². The number of nitrogens with zero attached hydrogens (tertiary/aromatic N) is 1. The van der Waals surface area contributed by atoms with Crippen molar-refractivity contribution in [3.05, 3.63) is 47.0 Å². The number of hydrogen-bond acceptors (Lipinski definition) is 1. The second-order valence-electron chi connectivity index (χ2n) is 29.7. The fourth-order valence-electron chi connectivity index (χ4n) is 7.87. The lowest BCUT2D eigenvalue weighted by atomic mass is 9.81. The van der Waals surface area contributed by atoms with Crippen molar-refractivity contribution >= 4 is 0 Å². The molecule has 4 rings (SSSR count). The Morgan fingerprint density at radius 1 is 0.500 bits per heavy atom. The van der Waals surface area contributed by atoms with Crippen LogP contribution in [0.2, 0.25) is 0 Å². The number of aryl methyl sites for hydroxylation is 1. The minimum atomic E-state index is 0.280. The molecule has 1 heteroatoms. The van der Waals surface area contributed by atoms with Gasteiger partial charge in [-0.2, -0.15) is 0 Å². The predicted molar refractivity (Wildman–Crippen MR) is 272 cm³/mol. The summed E-state index contributed by atoms with van der Waals surface area (Å²) in [6.07, 6.45) is 9.85. The highest BCUT2D eigenvalue weighted by molar-refractivity contribution is 5.41. The molecule has 1 heterocycles. The Bertz CT molecular complexity index is 1200. The predicted octanol–water partition coefficient (Wildman–Crippen LogP) is 18.9. The van der Waals surface area contributed by atoms with E-state index in [0.717, 1.165) is 5.92 Å². The molecule has 0 saturated heterocycles. The molecule has 1 aliphatic heterocycles. The van der Waals surface area contributed by atoms with E-state index in [2.05, 4.69) is 257 Å². The second-order valence-corrected chi connectivity index (χ2v) is 29.7. The Morgan fingerprint density at radius 3 is 1.10 bits per heavy atom. The van der Waals surface area contributed by atoms with Gasteiger partial charge in [0.25, 0.3) is 0 Å². The van der Waals surface area contributed by atoms with Crippen molar-refractivity contribution in [1.82, 2.24) is 4.90 Å². The minimum Gasteiger partial charge on any atom is -0.291 e. The maximum Gasteiger partial charge on any atom is 0.0332 e. The minimum absolute atomic E-state index is 0.280. The molecule has 0 bridgehead atoms. The summed E-state index contributed by atoms with van der Waals surface area (Å²) < 4.78 is 0. The fraction of sp³-hybridized carbons (Fsp3) is 0.860. The van der Waals surface area contributed by atoms with Crippen LogP contribution in [0.15, 0.2) is 30.4 Å². The molecular formula is C57H113N. The van der Waals surface area contributed by atoms with E-state index in [1.165, 1.54) is 32.2 Å². The van der Waals surface area contributed by atoms with Crippen LogP contribution in [0.1, 0.15) is 251 Å². The maximum atomic E-state index is 2.62. The summed E-state index contributed by atoms with van der Waals surface area (Å²) in [6.45, 7) is 73.7. The first kappa shape index (κ1) is 61.2. The molecule has 0 amide bonds. The summed E-state index contributed by atoms with van der Waals surface area (Å²) in [6, 6.07) is 7.38. The number of benzene rings is 1. The van der Waals surface area contributed by atoms with E-state index in [0.29, 0.717) is 54.8 Å². The van der Waals surface area contributed by atoms with E-state index >= 15 is 0 Å². The lowest BCUT2D eigenvalue weighted by molar-refractivity contribution is 0.0444. The van der Waals surface area contributed by atoms with Crippen molar-refractivity contribution in [2.24, 2.45) is 49.2 Å². The first-order chi connectivity index (χ1) is 24.9. The average Bonchev–Trinajstić information content (AvgIpc) is 3.17. The summed E-state index contributed by atoms with van der Waals surface area (Å²) in [7, 11) is 0. The summed E-state index contributed by atoms with van der Waals surface area (Å²) in [5.74, 6) is 0.877. The molecule has 0 N–H and O–H groups in total. The molecule has 0 aromatic heterocycles. The number of hydrogen-bond donors (Lipinski definition) is 0. The molecule has 1 nitrogen and oxygen atoms in total. The normalized spacial score (nSPS) is 19.3. The fourth-order valence-corrected chi connectivity index (χ4v) is 7.87. The maximum absolute atomic E-state index is 2.62. The van der Waals surface area contributed by atoms with E-state index < -0.39 is 0 Å². The Kier molecular flexibility index (Phi) is 23.6. The third-order valence-corrected chi connectivity index (χ3v) is 9.78. The lowest BCUT2D eigenvalue weighted by Crippen LogP contribution is -2.53. The van der Waals surface area contributed by atoms with Crippen molar-refractivity contribution in [2.75, 3.05) is 6.54 Å². The van der Waals surface area contributed by atoms with E-state index in [-0.39, 0.29) is 5.54 Å². The third kappa shape index (κ3) is 30.0. The van der Waals surface area contributed by atoms with E-state index in [1.807, 2.05) is 0 Å². The summed E-state index contributed by atoms with van der Waals surface area (Å²) >= 11 is 0. The van der Waals surface area contributed by atoms with Gasteiger partial charge in [0.1, 0.15) is 0 Å². The topological polar surface area (TPSA) is 3.24 Å². The molecule has 3 aliphatic rings. The van der Waals surface area contributed by atoms with E-state index in [1.54, 1.807) is 16.7 Å². The van der Waals surface area contributed by atoms with Crippen molar-refractivity contribution < 1.29 is 0 Å². The summed E-state index contributed by atoms with van der Waals surface area (Å²) in [5, 5.41) is 0. The van der Waals surface area contributed by atoms with Gasteiger partial charge >= 0.3 is 0 Å². The molecule has 1 unspecified atom stereocenters. The van der Waals surface area contributed by atoms with Crippen LogP contribution in [-0.2, 0) is 18.3 Å². The van der Waals surface area contributed by atoms with Crippen LogP contribution >= 0.6 is 0 Å². The highest BCUT2D eigenvalue weighted by atomic mass is 15.2. The molecule has 1 aromatic rings. The molecule has 1 atom stereocenters. The van der Waals surface area contributed by atoms with Gasteiger partial charge in [-0.1, -0.05) is 231 Å². The molecule has 0 radical (unpaired) electrons. The summed E-state index contributed by atoms with van der Waals surface area (Å²) in [4.78, 5) is 2.62. The third-order valence-electron chi connectivity index (χ3n) is 9.78. The highest BCUT2D eigenvalue weighted by Gasteiger charge is 2.68. The zero-order chi connectivity index (χ0) is 47.5. The Labute approximate surface area is 370 Å². The number of fused-ring (bicyclic) bond motifs is 1. The molecule has 0 spiro atoms. The molecule has 1 saturated carbocycles. The van der Waals surface area contributed by atoms with Gasteiger partial charge in [-0.05, 0) is 118 Å². The first-order valence-electron chi connectivity index (χ1n) is 23.5. The first-order valence-corrected chi connectivity index (χ1v) is 23.5. The van der Waals surface area contributed by atoms with E-state index in [4.69, 9.17) is 0 Å².